The number of aromatic nitrogens is 1. The Morgan fingerprint density at radius 2 is 1.90 bits per heavy atom. The molecule has 0 unspecified atom stereocenters. The van der Waals surface area contributed by atoms with E-state index in [1.165, 1.54) is 27.8 Å². The highest BCUT2D eigenvalue weighted by atomic mass is 79.9. The number of thiazole rings is 1. The molecule has 0 amide bonds. The summed E-state index contributed by atoms with van der Waals surface area (Å²) in [6.07, 6.45) is 0.491. The summed E-state index contributed by atoms with van der Waals surface area (Å²) in [5.41, 5.74) is 1.60. The zero-order valence-corrected chi connectivity index (χ0v) is 19.7. The lowest BCUT2D eigenvalue weighted by Gasteiger charge is -2.33. The molecule has 0 atom stereocenters. The van der Waals surface area contributed by atoms with Gasteiger partial charge >= 0.3 is 0 Å². The van der Waals surface area contributed by atoms with Gasteiger partial charge in [-0.1, -0.05) is 33.6 Å². The quantitative estimate of drug-likeness (QED) is 0.476. The summed E-state index contributed by atoms with van der Waals surface area (Å²) in [7, 11) is -3.52. The Kier molecular flexibility index (Phi) is 6.45. The molecule has 2 heterocycles. The molecular weight excluding hydrogens is 513 g/mol. The normalized spacial score (nSPS) is 15.5. The monoisotopic (exact) mass is 529 g/mol. The molecule has 0 bridgehead atoms. The Bertz CT molecular complexity index is 1140. The van der Waals surface area contributed by atoms with Crippen LogP contribution in [0.1, 0.15) is 11.3 Å². The topological polar surface area (TPSA) is 53.5 Å². The van der Waals surface area contributed by atoms with E-state index in [2.05, 4.69) is 25.8 Å². The lowest BCUT2D eigenvalue weighted by atomic mass is 10.1. The second kappa shape index (κ2) is 8.92. The van der Waals surface area contributed by atoms with Gasteiger partial charge in [0.1, 0.15) is 5.82 Å². The van der Waals surface area contributed by atoms with Gasteiger partial charge in [-0.25, -0.2) is 17.8 Å². The van der Waals surface area contributed by atoms with Gasteiger partial charge in [-0.05, 0) is 42.0 Å². The summed E-state index contributed by atoms with van der Waals surface area (Å²) in [6, 6.07) is 11.2. The molecule has 1 saturated heterocycles. The number of benzene rings is 2. The SMILES string of the molecule is O=S(=O)(c1cccc(Br)c1)N1CCN(c2nc(Cc3cc(F)cc(Cl)c3)cs2)CC1. The maximum atomic E-state index is 13.5. The third-order valence-electron chi connectivity index (χ3n) is 4.79. The molecule has 30 heavy (non-hydrogen) atoms. The average Bonchev–Trinajstić information content (AvgIpc) is 3.16. The van der Waals surface area contributed by atoms with E-state index in [4.69, 9.17) is 11.6 Å². The molecule has 1 aliphatic heterocycles. The van der Waals surface area contributed by atoms with Crippen LogP contribution in [0.25, 0.3) is 0 Å². The zero-order valence-electron chi connectivity index (χ0n) is 15.8. The van der Waals surface area contributed by atoms with Crippen LogP contribution in [0, 0.1) is 5.82 Å². The van der Waals surface area contributed by atoms with Crippen molar-refractivity contribution in [2.75, 3.05) is 31.1 Å². The largest absolute Gasteiger partial charge is 0.345 e. The lowest BCUT2D eigenvalue weighted by Crippen LogP contribution is -2.48. The van der Waals surface area contributed by atoms with Crippen LogP contribution in [0.3, 0.4) is 0 Å². The Morgan fingerprint density at radius 1 is 1.13 bits per heavy atom. The minimum atomic E-state index is -3.52. The highest BCUT2D eigenvalue weighted by Gasteiger charge is 2.29. The fourth-order valence-corrected chi connectivity index (χ4v) is 6.48. The molecule has 0 saturated carbocycles. The van der Waals surface area contributed by atoms with E-state index in [-0.39, 0.29) is 10.7 Å². The zero-order chi connectivity index (χ0) is 21.3. The van der Waals surface area contributed by atoms with E-state index >= 15 is 0 Å². The van der Waals surface area contributed by atoms with Crippen LogP contribution in [0.4, 0.5) is 9.52 Å². The van der Waals surface area contributed by atoms with E-state index in [0.29, 0.717) is 37.6 Å². The fourth-order valence-electron chi connectivity index (χ4n) is 3.34. The highest BCUT2D eigenvalue weighted by Crippen LogP contribution is 2.26. The second-order valence-corrected chi connectivity index (χ2v) is 11.1. The average molecular weight is 531 g/mol. The van der Waals surface area contributed by atoms with Gasteiger partial charge in [-0.15, -0.1) is 11.3 Å². The molecule has 0 spiro atoms. The van der Waals surface area contributed by atoms with Crippen molar-refractivity contribution in [3.8, 4) is 0 Å². The smallest absolute Gasteiger partial charge is 0.243 e. The number of hydrogen-bond acceptors (Lipinski definition) is 5. The highest BCUT2D eigenvalue weighted by molar-refractivity contribution is 9.10. The fraction of sp³-hybridized carbons (Fsp3) is 0.250. The summed E-state index contributed by atoms with van der Waals surface area (Å²) < 4.78 is 41.5. The van der Waals surface area contributed by atoms with Crippen molar-refractivity contribution in [3.05, 3.63) is 74.4 Å². The van der Waals surface area contributed by atoms with Gasteiger partial charge in [-0.2, -0.15) is 4.31 Å². The Hall–Kier alpha value is -1.52. The van der Waals surface area contributed by atoms with Crippen LogP contribution in [-0.2, 0) is 16.4 Å². The second-order valence-electron chi connectivity index (χ2n) is 6.92. The van der Waals surface area contributed by atoms with Gasteiger partial charge < -0.3 is 4.90 Å². The molecule has 2 aromatic carbocycles. The van der Waals surface area contributed by atoms with Crippen molar-refractivity contribution in [2.45, 2.75) is 11.3 Å². The molecule has 158 valence electrons. The van der Waals surface area contributed by atoms with Crippen LogP contribution in [0.2, 0.25) is 5.02 Å². The molecular formula is C20H18BrClFN3O2S2. The predicted molar refractivity (Wildman–Crippen MR) is 121 cm³/mol. The van der Waals surface area contributed by atoms with Gasteiger partial charge in [0.25, 0.3) is 0 Å². The number of nitrogens with zero attached hydrogens (tertiary/aromatic N) is 3. The molecule has 1 aliphatic rings. The van der Waals surface area contributed by atoms with Gasteiger partial charge in [0.2, 0.25) is 10.0 Å². The maximum absolute atomic E-state index is 13.5. The summed E-state index contributed by atoms with van der Waals surface area (Å²) in [6.45, 7) is 1.91. The third kappa shape index (κ3) is 4.86. The number of piperazine rings is 1. The number of halogens is 3. The molecule has 1 fully saturated rings. The van der Waals surface area contributed by atoms with Crippen molar-refractivity contribution in [1.29, 1.82) is 0 Å². The van der Waals surface area contributed by atoms with Crippen LogP contribution >= 0.6 is 38.9 Å². The van der Waals surface area contributed by atoms with E-state index in [1.807, 2.05) is 5.38 Å². The van der Waals surface area contributed by atoms with Crippen molar-refractivity contribution in [2.24, 2.45) is 0 Å². The van der Waals surface area contributed by atoms with Gasteiger partial charge in [0, 0.05) is 47.5 Å². The van der Waals surface area contributed by atoms with Crippen LogP contribution in [0.15, 0.2) is 57.2 Å². The molecule has 0 radical (unpaired) electrons. The van der Waals surface area contributed by atoms with Crippen molar-refractivity contribution in [3.63, 3.8) is 0 Å². The van der Waals surface area contributed by atoms with Gasteiger partial charge in [0.15, 0.2) is 5.13 Å². The Labute approximate surface area is 192 Å². The minimum absolute atomic E-state index is 0.288. The van der Waals surface area contributed by atoms with Gasteiger partial charge in [-0.3, -0.25) is 0 Å². The molecule has 4 rings (SSSR count). The Balaban J connectivity index is 1.41. The number of anilines is 1. The molecule has 0 aliphatic carbocycles. The minimum Gasteiger partial charge on any atom is -0.345 e. The van der Waals surface area contributed by atoms with Crippen LogP contribution < -0.4 is 4.90 Å². The lowest BCUT2D eigenvalue weighted by molar-refractivity contribution is 0.384. The maximum Gasteiger partial charge on any atom is 0.243 e. The summed E-state index contributed by atoms with van der Waals surface area (Å²) in [5, 5.41) is 3.15. The molecule has 0 N–H and O–H groups in total. The van der Waals surface area contributed by atoms with Crippen molar-refractivity contribution >= 4 is 54.0 Å². The van der Waals surface area contributed by atoms with Crippen molar-refractivity contribution in [1.82, 2.24) is 9.29 Å². The molecule has 3 aromatic rings. The molecule has 1 aromatic heterocycles. The van der Waals surface area contributed by atoms with Crippen molar-refractivity contribution < 1.29 is 12.8 Å². The first-order valence-electron chi connectivity index (χ1n) is 9.21. The van der Waals surface area contributed by atoms with Gasteiger partial charge in [0.05, 0.1) is 10.6 Å². The summed E-state index contributed by atoms with van der Waals surface area (Å²) in [5.74, 6) is -0.365. The summed E-state index contributed by atoms with van der Waals surface area (Å²) in [4.78, 5) is 7.02. The number of hydrogen-bond donors (Lipinski definition) is 0. The third-order valence-corrected chi connectivity index (χ3v) is 8.35. The predicted octanol–water partition coefficient (Wildman–Crippen LogP) is 4.80. The molecule has 5 nitrogen and oxygen atoms in total. The molecule has 10 heteroatoms. The first-order chi connectivity index (χ1) is 14.3. The summed E-state index contributed by atoms with van der Waals surface area (Å²) >= 11 is 10.8. The van der Waals surface area contributed by atoms with E-state index < -0.39 is 10.0 Å². The number of rotatable bonds is 5. The number of sulfonamides is 1. The standard InChI is InChI=1S/C20H18BrClFN3O2S2/c21-15-2-1-3-19(11-15)30(27,28)26-6-4-25(5-7-26)20-24-18(13-29-20)10-14-8-16(22)12-17(23)9-14/h1-3,8-9,11-13H,4-7,10H2. The van der Waals surface area contributed by atoms with Crippen LogP contribution in [-0.4, -0.2) is 43.9 Å². The van der Waals surface area contributed by atoms with E-state index in [9.17, 15) is 12.8 Å². The van der Waals surface area contributed by atoms with E-state index in [1.54, 1.807) is 30.3 Å². The Morgan fingerprint density at radius 3 is 2.60 bits per heavy atom. The first kappa shape index (κ1) is 21.7. The van der Waals surface area contributed by atoms with E-state index in [0.717, 1.165) is 20.9 Å². The first-order valence-corrected chi connectivity index (χ1v) is 12.7. The van der Waals surface area contributed by atoms with Crippen LogP contribution in [0.5, 0.6) is 0 Å².